The molecule has 19 heavy (non-hydrogen) atoms. The first-order chi connectivity index (χ1) is 9.13. The molecule has 0 fully saturated rings. The zero-order valence-corrected chi connectivity index (χ0v) is 10.5. The van der Waals surface area contributed by atoms with Gasteiger partial charge in [-0.05, 0) is 24.3 Å². The predicted molar refractivity (Wildman–Crippen MR) is 70.0 cm³/mol. The van der Waals surface area contributed by atoms with Gasteiger partial charge in [-0.1, -0.05) is 23.7 Å². The van der Waals surface area contributed by atoms with Crippen LogP contribution in [0.15, 0.2) is 48.8 Å². The van der Waals surface area contributed by atoms with Gasteiger partial charge in [0.25, 0.3) is 0 Å². The molecule has 0 saturated heterocycles. The Kier molecular flexibility index (Phi) is 2.72. The molecule has 0 unspecified atom stereocenters. The van der Waals surface area contributed by atoms with Crippen molar-refractivity contribution in [3.05, 3.63) is 59.4 Å². The van der Waals surface area contributed by atoms with Crippen LogP contribution in [0.1, 0.15) is 10.4 Å². The second-order valence-electron chi connectivity index (χ2n) is 4.10. The van der Waals surface area contributed by atoms with Gasteiger partial charge >= 0.3 is 0 Å². The fourth-order valence-electron chi connectivity index (χ4n) is 1.87. The number of aromatic carboxylic acids is 1. The normalized spacial score (nSPS) is 10.8. The van der Waals surface area contributed by atoms with Gasteiger partial charge in [0.2, 0.25) is 0 Å². The lowest BCUT2D eigenvalue weighted by molar-refractivity contribution is -0.255. The molecule has 0 spiro atoms. The maximum absolute atomic E-state index is 10.8. The summed E-state index contributed by atoms with van der Waals surface area (Å²) in [5.74, 6) is -1.21. The van der Waals surface area contributed by atoms with E-state index in [9.17, 15) is 9.90 Å². The minimum Gasteiger partial charge on any atom is -0.545 e. The van der Waals surface area contributed by atoms with Crippen LogP contribution < -0.4 is 5.11 Å². The van der Waals surface area contributed by atoms with Crippen LogP contribution in [-0.4, -0.2) is 15.4 Å². The number of carboxylic acids is 1. The van der Waals surface area contributed by atoms with Crippen LogP contribution in [0.5, 0.6) is 0 Å². The van der Waals surface area contributed by atoms with E-state index < -0.39 is 5.97 Å². The molecular formula is C14H8ClN2O2-. The summed E-state index contributed by atoms with van der Waals surface area (Å²) in [6.45, 7) is 0. The highest BCUT2D eigenvalue weighted by Crippen LogP contribution is 2.21. The summed E-state index contributed by atoms with van der Waals surface area (Å²) < 4.78 is 1.76. The third kappa shape index (κ3) is 2.18. The number of hydrogen-bond acceptors (Lipinski definition) is 3. The summed E-state index contributed by atoms with van der Waals surface area (Å²) in [4.78, 5) is 15.2. The van der Waals surface area contributed by atoms with Crippen molar-refractivity contribution in [3.63, 3.8) is 0 Å². The summed E-state index contributed by atoms with van der Waals surface area (Å²) in [5, 5.41) is 11.5. The van der Waals surface area contributed by atoms with Gasteiger partial charge in [-0.2, -0.15) is 0 Å². The Bertz CT molecular complexity index is 763. The molecule has 0 amide bonds. The van der Waals surface area contributed by atoms with E-state index in [1.54, 1.807) is 22.7 Å². The molecule has 0 atom stereocenters. The van der Waals surface area contributed by atoms with Crippen molar-refractivity contribution < 1.29 is 9.90 Å². The smallest absolute Gasteiger partial charge is 0.138 e. The summed E-state index contributed by atoms with van der Waals surface area (Å²) in [6, 6.07) is 10.3. The molecule has 0 bridgehead atoms. The zero-order valence-electron chi connectivity index (χ0n) is 9.71. The lowest BCUT2D eigenvalue weighted by Gasteiger charge is -2.01. The predicted octanol–water partition coefficient (Wildman–Crippen LogP) is 2.02. The Hall–Kier alpha value is -2.33. The highest BCUT2D eigenvalue weighted by molar-refractivity contribution is 6.30. The second-order valence-corrected chi connectivity index (χ2v) is 4.54. The van der Waals surface area contributed by atoms with Gasteiger partial charge in [-0.25, -0.2) is 4.98 Å². The Morgan fingerprint density at radius 1 is 1.21 bits per heavy atom. The molecule has 0 aliphatic rings. The van der Waals surface area contributed by atoms with Crippen molar-refractivity contribution in [2.75, 3.05) is 0 Å². The Morgan fingerprint density at radius 2 is 1.95 bits per heavy atom. The molecule has 2 heterocycles. The van der Waals surface area contributed by atoms with Crippen molar-refractivity contribution in [1.82, 2.24) is 9.38 Å². The number of benzene rings is 1. The highest BCUT2D eigenvalue weighted by atomic mass is 35.5. The summed E-state index contributed by atoms with van der Waals surface area (Å²) in [6.07, 6.45) is 3.48. The first-order valence-corrected chi connectivity index (χ1v) is 5.97. The zero-order chi connectivity index (χ0) is 13.4. The number of hydrogen-bond donors (Lipinski definition) is 0. The van der Waals surface area contributed by atoms with Gasteiger partial charge < -0.3 is 14.3 Å². The van der Waals surface area contributed by atoms with Crippen molar-refractivity contribution in [1.29, 1.82) is 0 Å². The third-order valence-electron chi connectivity index (χ3n) is 2.84. The molecule has 0 radical (unpaired) electrons. The maximum Gasteiger partial charge on any atom is 0.138 e. The van der Waals surface area contributed by atoms with Crippen LogP contribution in [-0.2, 0) is 0 Å². The Morgan fingerprint density at radius 3 is 2.63 bits per heavy atom. The molecule has 0 aliphatic carbocycles. The molecule has 1 aromatic carbocycles. The molecule has 94 valence electrons. The molecule has 5 heteroatoms. The van der Waals surface area contributed by atoms with Gasteiger partial charge in [0.05, 0.1) is 11.7 Å². The number of fused-ring (bicyclic) bond motifs is 1. The van der Waals surface area contributed by atoms with Gasteiger partial charge in [-0.15, -0.1) is 0 Å². The van der Waals surface area contributed by atoms with Crippen LogP contribution in [0.2, 0.25) is 5.02 Å². The van der Waals surface area contributed by atoms with E-state index in [-0.39, 0.29) is 5.56 Å². The lowest BCUT2D eigenvalue weighted by Crippen LogP contribution is -2.22. The summed E-state index contributed by atoms with van der Waals surface area (Å²) in [7, 11) is 0. The topological polar surface area (TPSA) is 57.4 Å². The number of rotatable bonds is 2. The number of carbonyl (C=O) groups is 1. The van der Waals surface area contributed by atoms with E-state index in [0.29, 0.717) is 10.7 Å². The van der Waals surface area contributed by atoms with Gasteiger partial charge in [0.15, 0.2) is 0 Å². The van der Waals surface area contributed by atoms with E-state index >= 15 is 0 Å². The fourth-order valence-corrected chi connectivity index (χ4v) is 1.99. The Labute approximate surface area is 113 Å². The number of carboxylic acid groups (broad SMARTS) is 1. The minimum absolute atomic E-state index is 0.112. The van der Waals surface area contributed by atoms with Crippen molar-refractivity contribution in [2.45, 2.75) is 0 Å². The molecule has 0 saturated carbocycles. The molecule has 0 N–H and O–H groups in total. The number of imidazole rings is 1. The van der Waals surface area contributed by atoms with Gasteiger partial charge in [-0.3, -0.25) is 0 Å². The molecule has 3 aromatic rings. The number of carbonyl (C=O) groups excluding carboxylic acids is 1. The van der Waals surface area contributed by atoms with Gasteiger partial charge in [0.1, 0.15) is 5.65 Å². The van der Waals surface area contributed by atoms with E-state index in [2.05, 4.69) is 4.98 Å². The first kappa shape index (κ1) is 11.7. The third-order valence-corrected chi connectivity index (χ3v) is 3.09. The SMILES string of the molecule is O=C([O-])c1ccn2cc(-c3ccc(Cl)cc3)nc2c1. The second kappa shape index (κ2) is 4.40. The summed E-state index contributed by atoms with van der Waals surface area (Å²) in [5.41, 5.74) is 2.35. The quantitative estimate of drug-likeness (QED) is 0.716. The molecule has 4 nitrogen and oxygen atoms in total. The van der Waals surface area contributed by atoms with Crippen LogP contribution in [0.3, 0.4) is 0 Å². The van der Waals surface area contributed by atoms with E-state index in [4.69, 9.17) is 11.6 Å². The van der Waals surface area contributed by atoms with E-state index in [1.807, 2.05) is 18.3 Å². The first-order valence-electron chi connectivity index (χ1n) is 5.59. The van der Waals surface area contributed by atoms with Crippen LogP contribution in [0.25, 0.3) is 16.9 Å². The molecular weight excluding hydrogens is 264 g/mol. The van der Waals surface area contributed by atoms with E-state index in [0.717, 1.165) is 11.3 Å². The van der Waals surface area contributed by atoms with Crippen LogP contribution >= 0.6 is 11.6 Å². The highest BCUT2D eigenvalue weighted by Gasteiger charge is 2.05. The van der Waals surface area contributed by atoms with Crippen LogP contribution in [0.4, 0.5) is 0 Å². The van der Waals surface area contributed by atoms with Crippen molar-refractivity contribution in [3.8, 4) is 11.3 Å². The monoisotopic (exact) mass is 271 g/mol. The van der Waals surface area contributed by atoms with E-state index in [1.165, 1.54) is 12.1 Å². The fraction of sp³-hybridized carbons (Fsp3) is 0. The average Bonchev–Trinajstić information content (AvgIpc) is 2.82. The van der Waals surface area contributed by atoms with Crippen molar-refractivity contribution >= 4 is 23.2 Å². The Balaban J connectivity index is 2.11. The standard InChI is InChI=1S/C14H9ClN2O2/c15-11-3-1-9(2-4-11)12-8-17-6-5-10(14(18)19)7-13(17)16-12/h1-8H,(H,18,19)/p-1. The lowest BCUT2D eigenvalue weighted by atomic mass is 10.2. The molecule has 3 rings (SSSR count). The molecule has 0 aliphatic heterocycles. The van der Waals surface area contributed by atoms with Crippen molar-refractivity contribution in [2.24, 2.45) is 0 Å². The summed E-state index contributed by atoms with van der Waals surface area (Å²) >= 11 is 5.84. The number of nitrogens with zero attached hydrogens (tertiary/aromatic N) is 2. The largest absolute Gasteiger partial charge is 0.545 e. The average molecular weight is 272 g/mol. The molecule has 2 aromatic heterocycles. The number of aromatic nitrogens is 2. The minimum atomic E-state index is -1.21. The van der Waals surface area contributed by atoms with Gasteiger partial charge in [0, 0.05) is 28.5 Å². The maximum atomic E-state index is 10.8. The number of pyridine rings is 1. The number of halogens is 1. The van der Waals surface area contributed by atoms with Crippen LogP contribution in [0, 0.1) is 0 Å².